The molecule has 1 nitrogen and oxygen atoms in total. The van der Waals surface area contributed by atoms with Crippen LogP contribution in [0.2, 0.25) is 0 Å². The van der Waals surface area contributed by atoms with Crippen molar-refractivity contribution in [1.82, 2.24) is 0 Å². The van der Waals surface area contributed by atoms with E-state index in [1.54, 1.807) is 0 Å². The molecule has 1 aliphatic rings. The Morgan fingerprint density at radius 2 is 2.00 bits per heavy atom. The first-order chi connectivity index (χ1) is 4.14. The Labute approximate surface area is 55.4 Å². The van der Waals surface area contributed by atoms with E-state index < -0.39 is 0 Å². The summed E-state index contributed by atoms with van der Waals surface area (Å²) in [6, 6.07) is 0. The zero-order valence-corrected chi connectivity index (χ0v) is 6.02. The molecule has 1 aliphatic carbocycles. The van der Waals surface area contributed by atoms with Crippen LogP contribution in [0.5, 0.6) is 0 Å². The van der Waals surface area contributed by atoms with Gasteiger partial charge in [-0.05, 0) is 23.8 Å². The summed E-state index contributed by atoms with van der Waals surface area (Å²) in [5.41, 5.74) is 5.59. The summed E-state index contributed by atoms with van der Waals surface area (Å²) in [4.78, 5) is 0. The lowest BCUT2D eigenvalue weighted by molar-refractivity contribution is 0.407. The predicted octanol–water partition coefficient (Wildman–Crippen LogP) is 1.19. The smallest absolute Gasteiger partial charge is 0.0931 e. The molecule has 0 unspecified atom stereocenters. The Morgan fingerprint density at radius 1 is 1.44 bits per heavy atom. The molecule has 0 aromatic rings. The van der Waals surface area contributed by atoms with Crippen molar-refractivity contribution in [3.8, 4) is 0 Å². The van der Waals surface area contributed by atoms with Gasteiger partial charge in [0, 0.05) is 0 Å². The van der Waals surface area contributed by atoms with Crippen LogP contribution in [0.25, 0.3) is 0 Å². The molecule has 0 aromatic carbocycles. The molecule has 54 valence electrons. The maximum atomic E-state index is 12.1. The van der Waals surface area contributed by atoms with Crippen LogP contribution >= 0.6 is 0 Å². The third-order valence-electron chi connectivity index (χ3n) is 2.71. The van der Waals surface area contributed by atoms with Crippen molar-refractivity contribution in [2.75, 3.05) is 13.2 Å². The average molecular weight is 131 g/mol. The molecular weight excluding hydrogens is 117 g/mol. The normalized spacial score (nSPS) is 38.7. The van der Waals surface area contributed by atoms with E-state index in [2.05, 4.69) is 13.8 Å². The van der Waals surface area contributed by atoms with Crippen molar-refractivity contribution in [2.24, 2.45) is 23.0 Å². The van der Waals surface area contributed by atoms with Crippen LogP contribution < -0.4 is 5.73 Å². The molecule has 0 spiro atoms. The predicted molar refractivity (Wildman–Crippen MR) is 35.8 cm³/mol. The third-order valence-corrected chi connectivity index (χ3v) is 2.71. The molecule has 1 rings (SSSR count). The molecule has 1 saturated carbocycles. The van der Waals surface area contributed by atoms with E-state index in [4.69, 9.17) is 5.73 Å². The number of halogens is 1. The highest BCUT2D eigenvalue weighted by Gasteiger charge is 2.56. The molecule has 0 heterocycles. The molecule has 2 heteroatoms. The van der Waals surface area contributed by atoms with Crippen LogP contribution in [0.15, 0.2) is 0 Å². The van der Waals surface area contributed by atoms with Crippen molar-refractivity contribution in [2.45, 2.75) is 13.8 Å². The highest BCUT2D eigenvalue weighted by Crippen LogP contribution is 2.57. The lowest BCUT2D eigenvalue weighted by Gasteiger charge is -1.97. The molecule has 0 amide bonds. The van der Waals surface area contributed by atoms with Crippen LogP contribution in [-0.4, -0.2) is 13.2 Å². The van der Waals surface area contributed by atoms with Crippen LogP contribution in [0, 0.1) is 17.3 Å². The second-order valence-electron chi connectivity index (χ2n) is 3.42. The van der Waals surface area contributed by atoms with Gasteiger partial charge in [0.2, 0.25) is 0 Å². The summed E-state index contributed by atoms with van der Waals surface area (Å²) >= 11 is 0. The van der Waals surface area contributed by atoms with Crippen molar-refractivity contribution >= 4 is 0 Å². The highest BCUT2D eigenvalue weighted by molar-refractivity contribution is 5.04. The third kappa shape index (κ3) is 0.855. The quantitative estimate of drug-likeness (QED) is 0.598. The van der Waals surface area contributed by atoms with Crippen LogP contribution in [0.3, 0.4) is 0 Å². The Balaban J connectivity index is 2.45. The van der Waals surface area contributed by atoms with E-state index in [-0.39, 0.29) is 18.0 Å². The SMILES string of the molecule is CC1(C)[C@@H](CN)[C@@H]1CF. The molecule has 0 bridgehead atoms. The maximum absolute atomic E-state index is 12.1. The summed E-state index contributed by atoms with van der Waals surface area (Å²) < 4.78 is 12.1. The van der Waals surface area contributed by atoms with Gasteiger partial charge >= 0.3 is 0 Å². The minimum absolute atomic E-state index is 0.184. The van der Waals surface area contributed by atoms with Crippen molar-refractivity contribution in [3.05, 3.63) is 0 Å². The second kappa shape index (κ2) is 1.94. The largest absolute Gasteiger partial charge is 0.330 e. The number of hydrogen-bond acceptors (Lipinski definition) is 1. The van der Waals surface area contributed by atoms with Gasteiger partial charge in [-0.2, -0.15) is 0 Å². The molecule has 0 radical (unpaired) electrons. The summed E-state index contributed by atoms with van der Waals surface area (Å²) in [5.74, 6) is 0.671. The van der Waals surface area contributed by atoms with Crippen LogP contribution in [0.4, 0.5) is 4.39 Å². The van der Waals surface area contributed by atoms with Gasteiger partial charge in [0.15, 0.2) is 0 Å². The summed E-state index contributed by atoms with van der Waals surface area (Å²) in [6.07, 6.45) is 0. The topological polar surface area (TPSA) is 26.0 Å². The molecular formula is C7H14FN. The summed E-state index contributed by atoms with van der Waals surface area (Å²) in [5, 5.41) is 0. The van der Waals surface area contributed by atoms with E-state index in [1.165, 1.54) is 0 Å². The van der Waals surface area contributed by atoms with Gasteiger partial charge in [-0.3, -0.25) is 4.39 Å². The summed E-state index contributed by atoms with van der Waals surface area (Å²) in [7, 11) is 0. The van der Waals surface area contributed by atoms with Gasteiger partial charge in [0.1, 0.15) is 0 Å². The number of rotatable bonds is 2. The Kier molecular flexibility index (Phi) is 1.51. The standard InChI is InChI=1S/C7H14FN/c1-7(2)5(3-8)6(7)4-9/h5-6H,3-4,9H2,1-2H3/t5-,6-/m0/s1. The molecule has 0 saturated heterocycles. The number of hydrogen-bond donors (Lipinski definition) is 1. The molecule has 1 fully saturated rings. The van der Waals surface area contributed by atoms with Gasteiger partial charge in [-0.15, -0.1) is 0 Å². The number of nitrogens with two attached hydrogens (primary N) is 1. The number of alkyl halides is 1. The molecule has 2 atom stereocenters. The van der Waals surface area contributed by atoms with E-state index in [0.717, 1.165) is 0 Å². The van der Waals surface area contributed by atoms with E-state index in [9.17, 15) is 4.39 Å². The van der Waals surface area contributed by atoms with Gasteiger partial charge < -0.3 is 5.73 Å². The Bertz CT molecular complexity index is 99.5. The molecule has 2 N–H and O–H groups in total. The van der Waals surface area contributed by atoms with E-state index in [0.29, 0.717) is 12.5 Å². The Hall–Kier alpha value is -0.110. The Morgan fingerprint density at radius 3 is 2.11 bits per heavy atom. The fourth-order valence-corrected chi connectivity index (χ4v) is 1.63. The minimum atomic E-state index is -0.200. The fraction of sp³-hybridized carbons (Fsp3) is 1.00. The minimum Gasteiger partial charge on any atom is -0.330 e. The molecule has 0 aromatic heterocycles. The van der Waals surface area contributed by atoms with E-state index in [1.807, 2.05) is 0 Å². The van der Waals surface area contributed by atoms with E-state index >= 15 is 0 Å². The van der Waals surface area contributed by atoms with Crippen molar-refractivity contribution < 1.29 is 4.39 Å². The first-order valence-electron chi connectivity index (χ1n) is 3.40. The average Bonchev–Trinajstić information content (AvgIpc) is 2.32. The summed E-state index contributed by atoms with van der Waals surface area (Å²) in [6.45, 7) is 4.60. The van der Waals surface area contributed by atoms with Gasteiger partial charge in [0.25, 0.3) is 0 Å². The lowest BCUT2D eigenvalue weighted by Crippen LogP contribution is -2.05. The maximum Gasteiger partial charge on any atom is 0.0931 e. The van der Waals surface area contributed by atoms with Gasteiger partial charge in [0.05, 0.1) is 6.67 Å². The zero-order chi connectivity index (χ0) is 7.07. The van der Waals surface area contributed by atoms with Crippen molar-refractivity contribution in [1.29, 1.82) is 0 Å². The monoisotopic (exact) mass is 131 g/mol. The van der Waals surface area contributed by atoms with Crippen molar-refractivity contribution in [3.63, 3.8) is 0 Å². The first kappa shape index (κ1) is 7.00. The lowest BCUT2D eigenvalue weighted by atomic mass is 10.1. The van der Waals surface area contributed by atoms with Crippen LogP contribution in [0.1, 0.15) is 13.8 Å². The highest BCUT2D eigenvalue weighted by atomic mass is 19.1. The second-order valence-corrected chi connectivity index (χ2v) is 3.42. The molecule has 9 heavy (non-hydrogen) atoms. The first-order valence-corrected chi connectivity index (χ1v) is 3.40. The van der Waals surface area contributed by atoms with Gasteiger partial charge in [-0.25, -0.2) is 0 Å². The zero-order valence-electron chi connectivity index (χ0n) is 6.02. The van der Waals surface area contributed by atoms with Crippen LogP contribution in [-0.2, 0) is 0 Å². The van der Waals surface area contributed by atoms with Gasteiger partial charge in [-0.1, -0.05) is 13.8 Å². The molecule has 0 aliphatic heterocycles. The fourth-order valence-electron chi connectivity index (χ4n) is 1.63.